The lowest BCUT2D eigenvalue weighted by atomic mass is 10.3. The average Bonchev–Trinajstić information content (AvgIpc) is 2.71. The highest BCUT2D eigenvalue weighted by Crippen LogP contribution is 2.08. The summed E-state index contributed by atoms with van der Waals surface area (Å²) in [6.45, 7) is 5.55. The van der Waals surface area contributed by atoms with Crippen molar-refractivity contribution >= 4 is 5.91 Å². The Labute approximate surface area is 96.0 Å². The molecule has 1 heterocycles. The molecule has 1 aromatic rings. The number of carbonyl (C=O) groups is 1. The van der Waals surface area contributed by atoms with Gasteiger partial charge in [0.2, 0.25) is 5.91 Å². The quantitative estimate of drug-likeness (QED) is 0.673. The maximum atomic E-state index is 10.5. The van der Waals surface area contributed by atoms with Gasteiger partial charge in [0.25, 0.3) is 0 Å². The average molecular weight is 224 g/mol. The van der Waals surface area contributed by atoms with Crippen molar-refractivity contribution in [3.05, 3.63) is 18.0 Å². The molecule has 0 saturated carbocycles. The monoisotopic (exact) mass is 224 g/mol. The van der Waals surface area contributed by atoms with Gasteiger partial charge in [0.1, 0.15) is 0 Å². The van der Waals surface area contributed by atoms with E-state index in [-0.39, 0.29) is 5.91 Å². The lowest BCUT2D eigenvalue weighted by Crippen LogP contribution is -2.21. The topological polar surface area (TPSA) is 72.9 Å². The molecule has 0 aliphatic heterocycles. The Morgan fingerprint density at radius 2 is 2.44 bits per heavy atom. The van der Waals surface area contributed by atoms with Crippen LogP contribution in [0.4, 0.5) is 0 Å². The summed E-state index contributed by atoms with van der Waals surface area (Å²) in [5, 5.41) is 7.56. The molecule has 0 saturated heterocycles. The Morgan fingerprint density at radius 1 is 1.69 bits per heavy atom. The predicted molar refractivity (Wildman–Crippen MR) is 62.7 cm³/mol. The van der Waals surface area contributed by atoms with E-state index in [2.05, 4.69) is 24.3 Å². The molecule has 1 rings (SSSR count). The fourth-order valence-electron chi connectivity index (χ4n) is 1.33. The van der Waals surface area contributed by atoms with Gasteiger partial charge < -0.3 is 11.1 Å². The lowest BCUT2D eigenvalue weighted by Gasteiger charge is -2.08. The maximum Gasteiger partial charge on any atom is 0.218 e. The summed E-state index contributed by atoms with van der Waals surface area (Å²) in [5.74, 6) is -0.280. The van der Waals surface area contributed by atoms with Gasteiger partial charge in [-0.15, -0.1) is 0 Å². The lowest BCUT2D eigenvalue weighted by molar-refractivity contribution is -0.117. The van der Waals surface area contributed by atoms with Crippen molar-refractivity contribution in [3.8, 4) is 0 Å². The Kier molecular flexibility index (Phi) is 4.98. The van der Waals surface area contributed by atoms with Crippen molar-refractivity contribution < 1.29 is 4.79 Å². The number of hydrogen-bond donors (Lipinski definition) is 2. The zero-order valence-corrected chi connectivity index (χ0v) is 9.94. The van der Waals surface area contributed by atoms with Gasteiger partial charge in [-0.1, -0.05) is 6.92 Å². The molecule has 1 aromatic heterocycles. The summed E-state index contributed by atoms with van der Waals surface area (Å²) in [7, 11) is 0. The minimum Gasteiger partial charge on any atom is -0.370 e. The molecule has 5 heteroatoms. The zero-order valence-electron chi connectivity index (χ0n) is 9.94. The molecule has 3 N–H and O–H groups in total. The van der Waals surface area contributed by atoms with Crippen molar-refractivity contribution in [2.45, 2.75) is 39.3 Å². The Morgan fingerprint density at radius 3 is 3.06 bits per heavy atom. The molecule has 0 aliphatic carbocycles. The van der Waals surface area contributed by atoms with E-state index in [1.165, 1.54) is 0 Å². The van der Waals surface area contributed by atoms with Gasteiger partial charge in [-0.2, -0.15) is 5.10 Å². The van der Waals surface area contributed by atoms with Gasteiger partial charge in [0.05, 0.1) is 5.69 Å². The molecule has 5 nitrogen and oxygen atoms in total. The van der Waals surface area contributed by atoms with E-state index in [0.29, 0.717) is 25.6 Å². The Bertz CT molecular complexity index is 334. The Balaban J connectivity index is 2.32. The van der Waals surface area contributed by atoms with Crippen LogP contribution in [0.5, 0.6) is 0 Å². The van der Waals surface area contributed by atoms with E-state index < -0.39 is 0 Å². The van der Waals surface area contributed by atoms with E-state index in [1.807, 2.05) is 16.9 Å². The number of aromatic nitrogens is 2. The highest BCUT2D eigenvalue weighted by atomic mass is 16.1. The van der Waals surface area contributed by atoms with E-state index in [0.717, 1.165) is 12.1 Å². The van der Waals surface area contributed by atoms with Crippen molar-refractivity contribution in [2.24, 2.45) is 5.73 Å². The number of hydrogen-bond acceptors (Lipinski definition) is 3. The molecule has 0 fully saturated rings. The van der Waals surface area contributed by atoms with Crippen molar-refractivity contribution in [3.63, 3.8) is 0 Å². The second-order valence-corrected chi connectivity index (χ2v) is 3.94. The minimum atomic E-state index is -0.280. The largest absolute Gasteiger partial charge is 0.370 e. The number of primary amides is 1. The summed E-state index contributed by atoms with van der Waals surface area (Å²) in [4.78, 5) is 10.5. The van der Waals surface area contributed by atoms with Gasteiger partial charge in [0.15, 0.2) is 0 Å². The summed E-state index contributed by atoms with van der Waals surface area (Å²) < 4.78 is 1.96. The number of nitrogens with zero attached hydrogens (tertiary/aromatic N) is 2. The molecule has 1 atom stereocenters. The molecule has 0 bridgehead atoms. The Hall–Kier alpha value is -1.36. The van der Waals surface area contributed by atoms with Gasteiger partial charge in [-0.05, 0) is 19.4 Å². The number of rotatable bonds is 7. The number of nitrogens with one attached hydrogen (secondary N) is 1. The fourth-order valence-corrected chi connectivity index (χ4v) is 1.33. The highest BCUT2D eigenvalue weighted by Gasteiger charge is 2.04. The summed E-state index contributed by atoms with van der Waals surface area (Å²) in [6.07, 6.45) is 3.42. The highest BCUT2D eigenvalue weighted by molar-refractivity contribution is 5.73. The standard InChI is InChI=1S/C11H20N4O/c1-3-9(2)15-7-5-10(14-15)8-13-6-4-11(12)16/h5,7,9,13H,3-4,6,8H2,1-2H3,(H2,12,16). The van der Waals surface area contributed by atoms with Crippen molar-refractivity contribution in [2.75, 3.05) is 6.54 Å². The first kappa shape index (κ1) is 12.7. The fraction of sp³-hybridized carbons (Fsp3) is 0.636. The smallest absolute Gasteiger partial charge is 0.218 e. The van der Waals surface area contributed by atoms with Crippen molar-refractivity contribution in [1.82, 2.24) is 15.1 Å². The first-order valence-electron chi connectivity index (χ1n) is 5.66. The van der Waals surface area contributed by atoms with Crippen molar-refractivity contribution in [1.29, 1.82) is 0 Å². The first-order chi connectivity index (χ1) is 7.63. The summed E-state index contributed by atoms with van der Waals surface area (Å²) >= 11 is 0. The molecular weight excluding hydrogens is 204 g/mol. The number of amides is 1. The second kappa shape index (κ2) is 6.27. The molecule has 0 aromatic carbocycles. The molecule has 90 valence electrons. The van der Waals surface area contributed by atoms with Crippen LogP contribution >= 0.6 is 0 Å². The van der Waals surface area contributed by atoms with Crippen LogP contribution in [0.1, 0.15) is 38.4 Å². The molecular formula is C11H20N4O. The van der Waals surface area contributed by atoms with E-state index >= 15 is 0 Å². The van der Waals surface area contributed by atoms with Crippen LogP contribution in [-0.4, -0.2) is 22.2 Å². The van der Waals surface area contributed by atoms with Crippen LogP contribution in [0.25, 0.3) is 0 Å². The van der Waals surface area contributed by atoms with Crippen LogP contribution in [0, 0.1) is 0 Å². The minimum absolute atomic E-state index is 0.280. The third kappa shape index (κ3) is 4.02. The van der Waals surface area contributed by atoms with E-state index in [1.54, 1.807) is 0 Å². The number of nitrogens with two attached hydrogens (primary N) is 1. The van der Waals surface area contributed by atoms with Crippen LogP contribution < -0.4 is 11.1 Å². The summed E-state index contributed by atoms with van der Waals surface area (Å²) in [5.41, 5.74) is 6.03. The first-order valence-corrected chi connectivity index (χ1v) is 5.66. The van der Waals surface area contributed by atoms with Gasteiger partial charge >= 0.3 is 0 Å². The summed E-state index contributed by atoms with van der Waals surface area (Å²) in [6, 6.07) is 2.42. The molecule has 16 heavy (non-hydrogen) atoms. The van der Waals surface area contributed by atoms with Gasteiger partial charge in [-0.25, -0.2) is 0 Å². The molecule has 0 spiro atoms. The zero-order chi connectivity index (χ0) is 12.0. The molecule has 0 radical (unpaired) electrons. The third-order valence-electron chi connectivity index (χ3n) is 2.56. The van der Waals surface area contributed by atoms with Crippen LogP contribution in [0.15, 0.2) is 12.3 Å². The molecule has 0 aliphatic rings. The normalized spacial score (nSPS) is 12.6. The number of carbonyl (C=O) groups excluding carboxylic acids is 1. The maximum absolute atomic E-state index is 10.5. The third-order valence-corrected chi connectivity index (χ3v) is 2.56. The van der Waals surface area contributed by atoms with E-state index in [4.69, 9.17) is 5.73 Å². The van der Waals surface area contributed by atoms with Crippen LogP contribution in [0.3, 0.4) is 0 Å². The second-order valence-electron chi connectivity index (χ2n) is 3.94. The van der Waals surface area contributed by atoms with Crippen LogP contribution in [-0.2, 0) is 11.3 Å². The predicted octanol–water partition coefficient (Wildman–Crippen LogP) is 0.819. The van der Waals surface area contributed by atoms with Gasteiger partial charge in [0, 0.05) is 31.7 Å². The van der Waals surface area contributed by atoms with Crippen LogP contribution in [0.2, 0.25) is 0 Å². The van der Waals surface area contributed by atoms with Gasteiger partial charge in [-0.3, -0.25) is 9.48 Å². The molecule has 1 amide bonds. The van der Waals surface area contributed by atoms with E-state index in [9.17, 15) is 4.79 Å². The molecule has 1 unspecified atom stereocenters. The SMILES string of the molecule is CCC(C)n1ccc(CNCCC(N)=O)n1.